The zero-order valence-corrected chi connectivity index (χ0v) is 18.5. The molecule has 3 atom stereocenters. The molecule has 2 aliphatic rings. The molecule has 2 amide bonds. The highest BCUT2D eigenvalue weighted by Gasteiger charge is 2.35. The lowest BCUT2D eigenvalue weighted by atomic mass is 9.98. The number of ether oxygens (including phenoxy) is 2. The lowest BCUT2D eigenvalue weighted by molar-refractivity contribution is -0.148. The first-order valence-electron chi connectivity index (χ1n) is 11.2. The van der Waals surface area contributed by atoms with Gasteiger partial charge in [0, 0.05) is 25.0 Å². The van der Waals surface area contributed by atoms with E-state index >= 15 is 0 Å². The molecule has 1 saturated heterocycles. The number of aliphatic carboxylic acids is 1. The lowest BCUT2D eigenvalue weighted by Crippen LogP contribution is -2.44. The van der Waals surface area contributed by atoms with Crippen LogP contribution in [0.3, 0.4) is 0 Å². The van der Waals surface area contributed by atoms with Crippen LogP contribution in [0, 0.1) is 0 Å². The zero-order valence-electron chi connectivity index (χ0n) is 18.5. The number of nitrogens with one attached hydrogen (secondary N) is 2. The van der Waals surface area contributed by atoms with Crippen molar-refractivity contribution in [1.29, 1.82) is 0 Å². The van der Waals surface area contributed by atoms with Crippen LogP contribution in [0.25, 0.3) is 11.1 Å². The average Bonchev–Trinajstić information content (AvgIpc) is 3.39. The van der Waals surface area contributed by atoms with Crippen LogP contribution < -0.4 is 10.6 Å². The van der Waals surface area contributed by atoms with Crippen molar-refractivity contribution in [2.24, 2.45) is 0 Å². The molecule has 8 nitrogen and oxygen atoms in total. The maximum atomic E-state index is 12.4. The molecular formula is C25H28N2O6. The normalized spacial score (nSPS) is 19.9. The Kier molecular flexibility index (Phi) is 6.93. The lowest BCUT2D eigenvalue weighted by Gasteiger charge is -2.18. The quantitative estimate of drug-likeness (QED) is 0.567. The van der Waals surface area contributed by atoms with Crippen LogP contribution in [-0.4, -0.2) is 54.5 Å². The number of hydrogen-bond donors (Lipinski definition) is 3. The molecule has 1 aliphatic carbocycles. The number of amides is 2. The van der Waals surface area contributed by atoms with Gasteiger partial charge < -0.3 is 25.2 Å². The minimum atomic E-state index is -1.08. The standard InChI is InChI=1S/C25H28N2O6/c1-15(10-11-22(28)27-21-12-13-32-23(21)24(29)30)26-25(31)33-14-20-18-8-4-2-6-16(18)17-7-3-5-9-19(17)20/h2-9,15,20-21,23H,10-14H2,1H3,(H,26,31)(H,27,28)(H,29,30)/t15?,21-,23+/m1/s1. The molecule has 33 heavy (non-hydrogen) atoms. The summed E-state index contributed by atoms with van der Waals surface area (Å²) in [6.07, 6.45) is -0.504. The second kappa shape index (κ2) is 10.0. The van der Waals surface area contributed by atoms with E-state index in [0.29, 0.717) is 19.4 Å². The number of fused-ring (bicyclic) bond motifs is 3. The summed E-state index contributed by atoms with van der Waals surface area (Å²) in [5.74, 6) is -1.36. The number of carboxylic acid groups (broad SMARTS) is 1. The Morgan fingerprint density at radius 3 is 2.36 bits per heavy atom. The second-order valence-electron chi connectivity index (χ2n) is 8.50. The molecular weight excluding hydrogens is 424 g/mol. The van der Waals surface area contributed by atoms with E-state index in [1.165, 1.54) is 11.1 Å². The fourth-order valence-electron chi connectivity index (χ4n) is 4.52. The Labute approximate surface area is 192 Å². The largest absolute Gasteiger partial charge is 0.479 e. The second-order valence-corrected chi connectivity index (χ2v) is 8.50. The Morgan fingerprint density at radius 1 is 1.09 bits per heavy atom. The SMILES string of the molecule is CC(CCC(=O)N[C@@H]1CCO[C@@H]1C(=O)O)NC(=O)OCC1c2ccccc2-c2ccccc21. The molecule has 2 aromatic carbocycles. The zero-order chi connectivity index (χ0) is 23.4. The third kappa shape index (κ3) is 5.17. The Balaban J connectivity index is 1.23. The Morgan fingerprint density at radius 2 is 1.73 bits per heavy atom. The first-order chi connectivity index (χ1) is 15.9. The van der Waals surface area contributed by atoms with E-state index < -0.39 is 24.2 Å². The molecule has 3 N–H and O–H groups in total. The minimum absolute atomic E-state index is 0.0138. The van der Waals surface area contributed by atoms with E-state index in [1.54, 1.807) is 6.92 Å². The van der Waals surface area contributed by atoms with Gasteiger partial charge in [-0.25, -0.2) is 9.59 Å². The number of benzene rings is 2. The number of alkyl carbamates (subject to hydrolysis) is 1. The van der Waals surface area contributed by atoms with Gasteiger partial charge in [0.1, 0.15) is 6.61 Å². The highest BCUT2D eigenvalue weighted by atomic mass is 16.5. The maximum absolute atomic E-state index is 12.4. The Bertz CT molecular complexity index is 994. The van der Waals surface area contributed by atoms with Crippen molar-refractivity contribution in [1.82, 2.24) is 10.6 Å². The summed E-state index contributed by atoms with van der Waals surface area (Å²) in [4.78, 5) is 35.7. The molecule has 8 heteroatoms. The topological polar surface area (TPSA) is 114 Å². The molecule has 0 aromatic heterocycles. The van der Waals surface area contributed by atoms with Gasteiger partial charge >= 0.3 is 12.1 Å². The van der Waals surface area contributed by atoms with Gasteiger partial charge in [0.15, 0.2) is 6.10 Å². The number of hydrogen-bond acceptors (Lipinski definition) is 5. The van der Waals surface area contributed by atoms with Crippen LogP contribution in [0.15, 0.2) is 48.5 Å². The predicted octanol–water partition coefficient (Wildman–Crippen LogP) is 3.05. The van der Waals surface area contributed by atoms with Crippen LogP contribution in [0.2, 0.25) is 0 Å². The van der Waals surface area contributed by atoms with E-state index in [9.17, 15) is 14.4 Å². The van der Waals surface area contributed by atoms with Gasteiger partial charge in [-0.3, -0.25) is 4.79 Å². The summed E-state index contributed by atoms with van der Waals surface area (Å²) in [7, 11) is 0. The third-order valence-electron chi connectivity index (χ3n) is 6.19. The minimum Gasteiger partial charge on any atom is -0.479 e. The first-order valence-corrected chi connectivity index (χ1v) is 11.2. The van der Waals surface area contributed by atoms with Crippen molar-refractivity contribution < 1.29 is 29.0 Å². The first kappa shape index (κ1) is 22.8. The van der Waals surface area contributed by atoms with Gasteiger partial charge in [-0.2, -0.15) is 0 Å². The van der Waals surface area contributed by atoms with Crippen LogP contribution in [0.4, 0.5) is 4.79 Å². The summed E-state index contributed by atoms with van der Waals surface area (Å²) in [5.41, 5.74) is 4.62. The predicted molar refractivity (Wildman–Crippen MR) is 121 cm³/mol. The molecule has 0 spiro atoms. The highest BCUT2D eigenvalue weighted by Crippen LogP contribution is 2.44. The van der Waals surface area contributed by atoms with E-state index in [1.807, 2.05) is 24.3 Å². The summed E-state index contributed by atoms with van der Waals surface area (Å²) in [6, 6.07) is 15.5. The van der Waals surface area contributed by atoms with E-state index in [0.717, 1.165) is 11.1 Å². The Hall–Kier alpha value is -3.39. The molecule has 0 saturated carbocycles. The molecule has 1 fully saturated rings. The molecule has 174 valence electrons. The smallest absolute Gasteiger partial charge is 0.407 e. The van der Waals surface area contributed by atoms with Crippen molar-refractivity contribution in [3.05, 3.63) is 59.7 Å². The molecule has 1 heterocycles. The van der Waals surface area contributed by atoms with Crippen LogP contribution in [-0.2, 0) is 19.1 Å². The summed E-state index contributed by atoms with van der Waals surface area (Å²) >= 11 is 0. The van der Waals surface area contributed by atoms with E-state index in [4.69, 9.17) is 14.6 Å². The van der Waals surface area contributed by atoms with Crippen LogP contribution >= 0.6 is 0 Å². The molecule has 0 radical (unpaired) electrons. The van der Waals surface area contributed by atoms with Gasteiger partial charge in [0.05, 0.1) is 6.04 Å². The molecule has 1 unspecified atom stereocenters. The summed E-state index contributed by atoms with van der Waals surface area (Å²) in [5, 5.41) is 14.6. The number of carbonyl (C=O) groups is 3. The van der Waals surface area contributed by atoms with Crippen LogP contribution in [0.1, 0.15) is 43.2 Å². The van der Waals surface area contributed by atoms with Crippen molar-refractivity contribution in [2.45, 2.75) is 50.3 Å². The van der Waals surface area contributed by atoms with Gasteiger partial charge in [-0.05, 0) is 42.0 Å². The highest BCUT2D eigenvalue weighted by molar-refractivity contribution is 5.80. The summed E-state index contributed by atoms with van der Waals surface area (Å²) in [6.45, 7) is 2.33. The van der Waals surface area contributed by atoms with Crippen molar-refractivity contribution in [3.8, 4) is 11.1 Å². The molecule has 1 aliphatic heterocycles. The van der Waals surface area contributed by atoms with Gasteiger partial charge in [-0.1, -0.05) is 48.5 Å². The van der Waals surface area contributed by atoms with Crippen LogP contribution in [0.5, 0.6) is 0 Å². The molecule has 0 bridgehead atoms. The van der Waals surface area contributed by atoms with Crippen molar-refractivity contribution in [3.63, 3.8) is 0 Å². The van der Waals surface area contributed by atoms with E-state index in [-0.39, 0.29) is 30.9 Å². The molecule has 4 rings (SSSR count). The van der Waals surface area contributed by atoms with Crippen molar-refractivity contribution >= 4 is 18.0 Å². The number of carboxylic acids is 1. The fourth-order valence-corrected chi connectivity index (χ4v) is 4.52. The molecule has 2 aromatic rings. The van der Waals surface area contributed by atoms with Gasteiger partial charge in [0.25, 0.3) is 0 Å². The van der Waals surface area contributed by atoms with Gasteiger partial charge in [0.2, 0.25) is 5.91 Å². The van der Waals surface area contributed by atoms with E-state index in [2.05, 4.69) is 34.9 Å². The monoisotopic (exact) mass is 452 g/mol. The average molecular weight is 453 g/mol. The third-order valence-corrected chi connectivity index (χ3v) is 6.19. The fraction of sp³-hybridized carbons (Fsp3) is 0.400. The van der Waals surface area contributed by atoms with Crippen molar-refractivity contribution in [2.75, 3.05) is 13.2 Å². The number of carbonyl (C=O) groups excluding carboxylic acids is 2. The van der Waals surface area contributed by atoms with Gasteiger partial charge in [-0.15, -0.1) is 0 Å². The summed E-state index contributed by atoms with van der Waals surface area (Å²) < 4.78 is 10.7. The maximum Gasteiger partial charge on any atom is 0.407 e. The number of rotatable bonds is 8.